The Bertz CT molecular complexity index is 225. The molecule has 1 amide bonds. The quantitative estimate of drug-likeness (QED) is 0.660. The van der Waals surface area contributed by atoms with Gasteiger partial charge in [0.25, 0.3) is 0 Å². The second-order valence-electron chi connectivity index (χ2n) is 4.16. The van der Waals surface area contributed by atoms with Gasteiger partial charge in [-0.2, -0.15) is 0 Å². The zero-order chi connectivity index (χ0) is 11.8. The van der Waals surface area contributed by atoms with Crippen LogP contribution in [0.1, 0.15) is 26.2 Å². The van der Waals surface area contributed by atoms with Crippen molar-refractivity contribution in [3.63, 3.8) is 0 Å². The summed E-state index contributed by atoms with van der Waals surface area (Å²) in [7, 11) is 0. The lowest BCUT2D eigenvalue weighted by molar-refractivity contribution is -0.123. The number of ether oxygens (including phenoxy) is 1. The molecule has 0 saturated carbocycles. The highest BCUT2D eigenvalue weighted by atomic mass is 16.5. The van der Waals surface area contributed by atoms with Gasteiger partial charge >= 0.3 is 0 Å². The summed E-state index contributed by atoms with van der Waals surface area (Å²) in [6, 6.07) is 0.0337. The minimum Gasteiger partial charge on any atom is -0.378 e. The first-order valence-electron chi connectivity index (χ1n) is 5.96. The van der Waals surface area contributed by atoms with E-state index < -0.39 is 0 Å². The highest BCUT2D eigenvalue weighted by molar-refractivity contribution is 5.76. The molecule has 0 aliphatic carbocycles. The molecule has 0 aromatic rings. The van der Waals surface area contributed by atoms with Crippen molar-refractivity contribution in [1.29, 1.82) is 0 Å². The number of hydrogen-bond acceptors (Lipinski definition) is 3. The fourth-order valence-corrected chi connectivity index (χ4v) is 1.67. The Kier molecular flexibility index (Phi) is 6.11. The first kappa shape index (κ1) is 13.2. The smallest absolute Gasteiger partial charge is 0.222 e. The normalized spacial score (nSPS) is 19.1. The van der Waals surface area contributed by atoms with Crippen LogP contribution in [-0.2, 0) is 9.53 Å². The number of hydrogen-bond donors (Lipinski definition) is 2. The van der Waals surface area contributed by atoms with Crippen molar-refractivity contribution >= 4 is 5.91 Å². The van der Waals surface area contributed by atoms with Gasteiger partial charge in [0.15, 0.2) is 0 Å². The summed E-state index contributed by atoms with van der Waals surface area (Å²) in [5.74, 6) is 0.0290. The maximum Gasteiger partial charge on any atom is 0.222 e. The second kappa shape index (κ2) is 7.41. The van der Waals surface area contributed by atoms with Gasteiger partial charge in [-0.25, -0.2) is 0 Å². The van der Waals surface area contributed by atoms with E-state index in [9.17, 15) is 4.79 Å². The second-order valence-corrected chi connectivity index (χ2v) is 4.16. The molecule has 1 aliphatic rings. The predicted molar refractivity (Wildman–Crippen MR) is 64.3 cm³/mol. The van der Waals surface area contributed by atoms with Gasteiger partial charge in [-0.15, -0.1) is 6.58 Å². The van der Waals surface area contributed by atoms with Crippen molar-refractivity contribution in [2.45, 2.75) is 38.3 Å². The molecule has 0 radical (unpaired) electrons. The highest BCUT2D eigenvalue weighted by Gasteiger charge is 2.13. The minimum atomic E-state index is 0.0290. The van der Waals surface area contributed by atoms with Gasteiger partial charge in [0, 0.05) is 12.5 Å². The zero-order valence-corrected chi connectivity index (χ0v) is 10.00. The van der Waals surface area contributed by atoms with E-state index in [1.165, 1.54) is 0 Å². The maximum atomic E-state index is 11.4. The Balaban J connectivity index is 2.05. The third-order valence-corrected chi connectivity index (χ3v) is 2.71. The third kappa shape index (κ3) is 5.28. The molecular weight excluding hydrogens is 204 g/mol. The van der Waals surface area contributed by atoms with Gasteiger partial charge in [0.1, 0.15) is 0 Å². The minimum absolute atomic E-state index is 0.0290. The summed E-state index contributed by atoms with van der Waals surface area (Å²) in [6.07, 6.45) is 4.56. The van der Waals surface area contributed by atoms with E-state index in [-0.39, 0.29) is 11.9 Å². The van der Waals surface area contributed by atoms with E-state index in [0.29, 0.717) is 19.1 Å². The molecule has 0 aromatic heterocycles. The summed E-state index contributed by atoms with van der Waals surface area (Å²) in [4.78, 5) is 11.4. The van der Waals surface area contributed by atoms with Gasteiger partial charge in [-0.1, -0.05) is 6.08 Å². The Morgan fingerprint density at radius 2 is 2.31 bits per heavy atom. The lowest BCUT2D eigenvalue weighted by Gasteiger charge is -2.22. The number of piperidine rings is 1. The summed E-state index contributed by atoms with van der Waals surface area (Å²) >= 11 is 0. The molecule has 1 fully saturated rings. The van der Waals surface area contributed by atoms with Crippen LogP contribution in [0, 0.1) is 0 Å². The van der Waals surface area contributed by atoms with E-state index in [1.54, 1.807) is 6.08 Å². The van der Waals surface area contributed by atoms with Crippen molar-refractivity contribution in [1.82, 2.24) is 10.6 Å². The molecule has 0 aromatic carbocycles. The average Bonchev–Trinajstić information content (AvgIpc) is 2.30. The number of rotatable bonds is 6. The molecule has 2 N–H and O–H groups in total. The molecule has 92 valence electrons. The van der Waals surface area contributed by atoms with Crippen LogP contribution in [0.4, 0.5) is 0 Å². The van der Waals surface area contributed by atoms with Crippen molar-refractivity contribution in [3.8, 4) is 0 Å². The van der Waals surface area contributed by atoms with Crippen molar-refractivity contribution in [2.24, 2.45) is 0 Å². The summed E-state index contributed by atoms with van der Waals surface area (Å²) in [5, 5.41) is 6.10. The third-order valence-electron chi connectivity index (χ3n) is 2.71. The zero-order valence-electron chi connectivity index (χ0n) is 10.00. The molecule has 1 aliphatic heterocycles. The van der Waals surface area contributed by atoms with E-state index in [4.69, 9.17) is 4.74 Å². The topological polar surface area (TPSA) is 50.4 Å². The van der Waals surface area contributed by atoms with Gasteiger partial charge in [0.05, 0.1) is 12.7 Å². The Labute approximate surface area is 97.4 Å². The van der Waals surface area contributed by atoms with Crippen LogP contribution in [0.3, 0.4) is 0 Å². The number of carbonyl (C=O) groups excluding carboxylic acids is 1. The lowest BCUT2D eigenvalue weighted by Crippen LogP contribution is -2.34. The Morgan fingerprint density at radius 1 is 1.62 bits per heavy atom. The molecule has 1 saturated heterocycles. The first-order chi connectivity index (χ1) is 7.72. The largest absolute Gasteiger partial charge is 0.378 e. The summed E-state index contributed by atoms with van der Waals surface area (Å²) in [5.41, 5.74) is 0. The molecule has 16 heavy (non-hydrogen) atoms. The monoisotopic (exact) mass is 226 g/mol. The van der Waals surface area contributed by atoms with Crippen LogP contribution < -0.4 is 10.6 Å². The average molecular weight is 226 g/mol. The Morgan fingerprint density at radius 3 is 2.94 bits per heavy atom. The van der Waals surface area contributed by atoms with Gasteiger partial charge in [-0.3, -0.25) is 4.79 Å². The molecule has 4 heteroatoms. The van der Waals surface area contributed by atoms with Gasteiger partial charge < -0.3 is 15.4 Å². The molecule has 1 heterocycles. The van der Waals surface area contributed by atoms with Crippen molar-refractivity contribution < 1.29 is 9.53 Å². The van der Waals surface area contributed by atoms with Gasteiger partial charge in [0.2, 0.25) is 5.91 Å². The SMILES string of the molecule is C=CC(C)NC(=O)CCOC1CCNCC1. The predicted octanol–water partition coefficient (Wildman–Crippen LogP) is 0.836. The molecular formula is C12H22N2O2. The van der Waals surface area contributed by atoms with E-state index in [1.807, 2.05) is 6.92 Å². The number of amides is 1. The van der Waals surface area contributed by atoms with Crippen LogP contribution in [0.15, 0.2) is 12.7 Å². The molecule has 1 unspecified atom stereocenters. The van der Waals surface area contributed by atoms with Crippen molar-refractivity contribution in [3.05, 3.63) is 12.7 Å². The van der Waals surface area contributed by atoms with Crippen LogP contribution in [-0.4, -0.2) is 37.7 Å². The Hall–Kier alpha value is -0.870. The summed E-state index contributed by atoms with van der Waals surface area (Å²) < 4.78 is 5.64. The van der Waals surface area contributed by atoms with E-state index in [0.717, 1.165) is 25.9 Å². The van der Waals surface area contributed by atoms with Crippen LogP contribution in [0.5, 0.6) is 0 Å². The van der Waals surface area contributed by atoms with Gasteiger partial charge in [-0.05, 0) is 32.9 Å². The van der Waals surface area contributed by atoms with E-state index >= 15 is 0 Å². The van der Waals surface area contributed by atoms with Crippen LogP contribution in [0.25, 0.3) is 0 Å². The van der Waals surface area contributed by atoms with Crippen LogP contribution in [0.2, 0.25) is 0 Å². The lowest BCUT2D eigenvalue weighted by atomic mass is 10.1. The molecule has 0 bridgehead atoms. The maximum absolute atomic E-state index is 11.4. The highest BCUT2D eigenvalue weighted by Crippen LogP contribution is 2.07. The summed E-state index contributed by atoms with van der Waals surface area (Å²) in [6.45, 7) is 8.07. The number of nitrogens with one attached hydrogen (secondary N) is 2. The van der Waals surface area contributed by atoms with Crippen molar-refractivity contribution in [2.75, 3.05) is 19.7 Å². The van der Waals surface area contributed by atoms with E-state index in [2.05, 4.69) is 17.2 Å². The fraction of sp³-hybridized carbons (Fsp3) is 0.750. The molecule has 1 atom stereocenters. The van der Waals surface area contributed by atoms with Crippen LogP contribution >= 0.6 is 0 Å². The molecule has 1 rings (SSSR count). The number of carbonyl (C=O) groups is 1. The fourth-order valence-electron chi connectivity index (χ4n) is 1.67. The standard InChI is InChI=1S/C12H22N2O2/c1-3-10(2)14-12(15)6-9-16-11-4-7-13-8-5-11/h3,10-11,13H,1,4-9H2,2H3,(H,14,15). The molecule has 4 nitrogen and oxygen atoms in total. The first-order valence-corrected chi connectivity index (χ1v) is 5.96. The molecule has 0 spiro atoms.